The lowest BCUT2D eigenvalue weighted by atomic mass is 10.4. The summed E-state index contributed by atoms with van der Waals surface area (Å²) in [5.74, 6) is 0. The molecule has 0 aliphatic heterocycles. The summed E-state index contributed by atoms with van der Waals surface area (Å²) < 4.78 is 90.8. The van der Waals surface area contributed by atoms with Crippen molar-refractivity contribution < 1.29 is 35.0 Å². The number of hydrogen-bond donors (Lipinski definition) is 0. The van der Waals surface area contributed by atoms with Crippen LogP contribution in [0.2, 0.25) is 15.1 Å². The first kappa shape index (κ1) is 27.4. The molecule has 0 N–H and O–H groups in total. The summed E-state index contributed by atoms with van der Waals surface area (Å²) in [6, 6.07) is 14.4. The fraction of sp³-hybridized carbons (Fsp3) is 0. The lowest BCUT2D eigenvalue weighted by Gasteiger charge is -2.14. The third kappa shape index (κ3) is 7.16. The van der Waals surface area contributed by atoms with Crippen LogP contribution in [-0.4, -0.2) is 40.4 Å². The van der Waals surface area contributed by atoms with Crippen LogP contribution in [0.1, 0.15) is 0 Å². The number of hydrogen-bond acceptors (Lipinski definition) is 9. The van der Waals surface area contributed by atoms with Gasteiger partial charge in [-0.3, -0.25) is 0 Å². The van der Waals surface area contributed by atoms with Gasteiger partial charge in [-0.2, -0.15) is 25.3 Å². The predicted molar refractivity (Wildman–Crippen MR) is 125 cm³/mol. The van der Waals surface area contributed by atoms with Gasteiger partial charge in [-0.25, -0.2) is 0 Å². The zero-order valence-corrected chi connectivity index (χ0v) is 22.4. The van der Waals surface area contributed by atoms with Gasteiger partial charge in [-0.15, -0.1) is 0 Å². The summed E-state index contributed by atoms with van der Waals surface area (Å²) in [4.78, 5) is -1.44. The first-order valence-electron chi connectivity index (χ1n) is 8.85. The average molecular weight is 602 g/mol. The lowest BCUT2D eigenvalue weighted by molar-refractivity contribution is 0.311. The summed E-state index contributed by atoms with van der Waals surface area (Å²) in [7, 11) is -14.3. The van der Waals surface area contributed by atoms with E-state index in [1.54, 1.807) is 0 Å². The van der Waals surface area contributed by atoms with E-state index in [9.17, 15) is 25.3 Å². The molecule has 0 saturated heterocycles. The van der Waals surface area contributed by atoms with E-state index in [0.717, 1.165) is 36.4 Å². The molecule has 0 fully saturated rings. The lowest BCUT2D eigenvalue weighted by Crippen LogP contribution is -2.35. The van der Waals surface area contributed by atoms with Crippen molar-refractivity contribution in [2.24, 2.45) is 0 Å². The highest BCUT2D eigenvalue weighted by Crippen LogP contribution is 2.25. The van der Waals surface area contributed by atoms with Gasteiger partial charge >= 0.3 is 15.1 Å². The van der Waals surface area contributed by atoms with E-state index in [0.29, 0.717) is 0 Å². The molecule has 0 unspecified atom stereocenters. The number of halogens is 3. The second-order valence-electron chi connectivity index (χ2n) is 6.31. The van der Waals surface area contributed by atoms with Gasteiger partial charge in [0, 0.05) is 15.1 Å². The van der Waals surface area contributed by atoms with Crippen LogP contribution in [0.5, 0.6) is 0 Å². The molecule has 3 rings (SSSR count). The first-order valence-corrected chi connectivity index (χ1v) is 15.6. The Morgan fingerprint density at radius 1 is 0.500 bits per heavy atom. The van der Waals surface area contributed by atoms with Crippen molar-refractivity contribution in [1.29, 1.82) is 0 Å². The molecule has 0 aliphatic carbocycles. The maximum Gasteiger partial charge on any atom is 0.952 e. The molecule has 0 aromatic heterocycles. The topological polar surface area (TPSA) is 130 Å². The average Bonchev–Trinajstić information content (AvgIpc) is 2.73. The summed E-state index contributed by atoms with van der Waals surface area (Å²) in [5, 5.41) is 0.0912. The second-order valence-corrected chi connectivity index (χ2v) is 14.6. The van der Waals surface area contributed by atoms with Crippen molar-refractivity contribution in [2.45, 2.75) is 14.7 Å². The molecule has 0 spiro atoms. The highest BCUT2D eigenvalue weighted by atomic mass is 35.5. The standard InChI is InChI=1S/3C6H5ClO3S.Al/c3*7-5-2-1-3-6(4-5)11(8,9)10;/h3*1-4H,(H,8,9,10);/q;;;+3/p-3. The molecule has 3 aromatic rings. The molecular weight excluding hydrogens is 590 g/mol. The zero-order chi connectivity index (χ0) is 25.1. The molecule has 16 heteroatoms. The Labute approximate surface area is 216 Å². The van der Waals surface area contributed by atoms with Crippen molar-refractivity contribution >= 4 is 80.3 Å². The van der Waals surface area contributed by atoms with E-state index in [-0.39, 0.29) is 15.1 Å². The molecule has 34 heavy (non-hydrogen) atoms. The summed E-state index contributed by atoms with van der Waals surface area (Å²) >= 11 is 12.8. The van der Waals surface area contributed by atoms with Crippen LogP contribution in [0.3, 0.4) is 0 Å². The van der Waals surface area contributed by atoms with Gasteiger partial charge in [-0.1, -0.05) is 53.0 Å². The third-order valence-corrected chi connectivity index (χ3v) is 12.0. The molecule has 0 aliphatic rings. The van der Waals surface area contributed by atoms with Crippen molar-refractivity contribution in [3.8, 4) is 0 Å². The normalized spacial score (nSPS) is 12.4. The summed E-state index contributed by atoms with van der Waals surface area (Å²) in [6.45, 7) is 0. The maximum atomic E-state index is 12.7. The molecule has 9 nitrogen and oxygen atoms in total. The Hall–Kier alpha value is -1.21. The Morgan fingerprint density at radius 2 is 0.765 bits per heavy atom. The fourth-order valence-electron chi connectivity index (χ4n) is 2.39. The van der Waals surface area contributed by atoms with Gasteiger partial charge in [-0.05, 0) is 54.6 Å². The Kier molecular flexibility index (Phi) is 8.71. The minimum atomic E-state index is -4.76. The van der Waals surface area contributed by atoms with E-state index in [4.69, 9.17) is 44.5 Å². The zero-order valence-electron chi connectivity index (χ0n) is 16.5. The van der Waals surface area contributed by atoms with Gasteiger partial charge in [0.1, 0.15) is 0 Å². The Bertz CT molecular complexity index is 1340. The highest BCUT2D eigenvalue weighted by Gasteiger charge is 2.47. The highest BCUT2D eigenvalue weighted by molar-refractivity contribution is 7.90. The molecule has 0 bridgehead atoms. The second kappa shape index (κ2) is 10.8. The summed E-state index contributed by atoms with van der Waals surface area (Å²) in [6.07, 6.45) is 0. The van der Waals surface area contributed by atoms with Crippen molar-refractivity contribution in [3.05, 3.63) is 87.9 Å². The van der Waals surface area contributed by atoms with E-state index in [1.165, 1.54) is 36.4 Å². The first-order chi connectivity index (χ1) is 15.8. The molecule has 0 amide bonds. The van der Waals surface area contributed by atoms with Gasteiger partial charge in [0.25, 0.3) is 30.4 Å². The molecular formula is C18H12AlCl3O9S3. The van der Waals surface area contributed by atoms with Gasteiger partial charge in [0.2, 0.25) is 0 Å². The van der Waals surface area contributed by atoms with Crippen molar-refractivity contribution in [1.82, 2.24) is 0 Å². The third-order valence-electron chi connectivity index (χ3n) is 3.87. The minimum Gasteiger partial charge on any atom is -0.338 e. The minimum absolute atomic E-state index is 0.0304. The van der Waals surface area contributed by atoms with E-state index >= 15 is 0 Å². The molecule has 0 saturated carbocycles. The molecule has 3 aromatic carbocycles. The van der Waals surface area contributed by atoms with Crippen molar-refractivity contribution in [3.63, 3.8) is 0 Å². The molecule has 180 valence electrons. The largest absolute Gasteiger partial charge is 0.952 e. The van der Waals surface area contributed by atoms with Crippen LogP contribution in [0, 0.1) is 0 Å². The predicted octanol–water partition coefficient (Wildman–Crippen LogP) is 4.15. The Balaban J connectivity index is 2.00. The van der Waals surface area contributed by atoms with Crippen LogP contribution >= 0.6 is 34.8 Å². The monoisotopic (exact) mass is 600 g/mol. The van der Waals surface area contributed by atoms with E-state index < -0.39 is 60.2 Å². The Morgan fingerprint density at radius 3 is 1.00 bits per heavy atom. The van der Waals surface area contributed by atoms with Gasteiger partial charge < -0.3 is 9.70 Å². The van der Waals surface area contributed by atoms with Crippen LogP contribution < -0.4 is 0 Å². The van der Waals surface area contributed by atoms with Crippen molar-refractivity contribution in [2.75, 3.05) is 0 Å². The maximum absolute atomic E-state index is 12.7. The van der Waals surface area contributed by atoms with Crippen LogP contribution in [0.25, 0.3) is 0 Å². The number of benzene rings is 3. The molecule has 0 heterocycles. The fourth-order valence-corrected chi connectivity index (χ4v) is 9.77. The quantitative estimate of drug-likeness (QED) is 0.332. The molecule has 0 radical (unpaired) electrons. The van der Waals surface area contributed by atoms with Gasteiger partial charge in [0.05, 0.1) is 14.7 Å². The van der Waals surface area contributed by atoms with E-state index in [1.807, 2.05) is 0 Å². The molecule has 0 atom stereocenters. The number of rotatable bonds is 9. The smallest absolute Gasteiger partial charge is 0.338 e. The van der Waals surface area contributed by atoms with E-state index in [2.05, 4.69) is 0 Å². The van der Waals surface area contributed by atoms with Crippen LogP contribution in [-0.2, 0) is 40.1 Å². The summed E-state index contributed by atoms with van der Waals surface area (Å²) in [5.41, 5.74) is 0. The SMILES string of the molecule is O=S(=O)([O][Al]([O]S(=O)(=O)c1cccc(Cl)c1)[O]S(=O)(=O)c1cccc(Cl)c1)c1cccc(Cl)c1. The van der Waals surface area contributed by atoms with Crippen LogP contribution in [0.4, 0.5) is 0 Å². The van der Waals surface area contributed by atoms with Gasteiger partial charge in [0.15, 0.2) is 0 Å². The van der Waals surface area contributed by atoms with Crippen LogP contribution in [0.15, 0.2) is 87.5 Å².